The van der Waals surface area contributed by atoms with E-state index in [4.69, 9.17) is 0 Å². The zero-order valence-electron chi connectivity index (χ0n) is 13.7. The monoisotopic (exact) mass is 341 g/mol. The minimum Gasteiger partial charge on any atom is -0.357 e. The first-order chi connectivity index (χ1) is 12.1. The fraction of sp³-hybridized carbons (Fsp3) is 0.353. The van der Waals surface area contributed by atoms with Gasteiger partial charge in [0.25, 0.3) is 5.69 Å². The van der Waals surface area contributed by atoms with Crippen LogP contribution in [0.5, 0.6) is 0 Å². The van der Waals surface area contributed by atoms with Crippen LogP contribution in [0.25, 0.3) is 0 Å². The van der Waals surface area contributed by atoms with Crippen LogP contribution in [0.15, 0.2) is 42.9 Å². The van der Waals surface area contributed by atoms with Crippen molar-refractivity contribution in [3.63, 3.8) is 0 Å². The summed E-state index contributed by atoms with van der Waals surface area (Å²) in [6.45, 7) is 1.89. The van der Waals surface area contributed by atoms with Crippen LogP contribution < -0.4 is 10.2 Å². The van der Waals surface area contributed by atoms with Crippen LogP contribution >= 0.6 is 0 Å². The molecule has 0 aliphatic carbocycles. The molecule has 1 aliphatic heterocycles. The normalized spacial score (nSPS) is 15.0. The number of nitrogens with one attached hydrogen (secondary N) is 1. The van der Waals surface area contributed by atoms with Crippen molar-refractivity contribution in [2.75, 3.05) is 18.0 Å². The second-order valence-electron chi connectivity index (χ2n) is 5.97. The summed E-state index contributed by atoms with van der Waals surface area (Å²) in [6, 6.07) is 6.88. The highest BCUT2D eigenvalue weighted by molar-refractivity contribution is 5.78. The van der Waals surface area contributed by atoms with Crippen molar-refractivity contribution >= 4 is 17.4 Å². The van der Waals surface area contributed by atoms with E-state index < -0.39 is 4.92 Å². The third-order valence-electron chi connectivity index (χ3n) is 4.32. The van der Waals surface area contributed by atoms with Gasteiger partial charge in [-0.15, -0.1) is 0 Å². The van der Waals surface area contributed by atoms with Gasteiger partial charge in [0.05, 0.1) is 4.92 Å². The largest absolute Gasteiger partial charge is 0.357 e. The molecule has 2 aromatic heterocycles. The highest BCUT2D eigenvalue weighted by atomic mass is 16.6. The molecule has 25 heavy (non-hydrogen) atoms. The van der Waals surface area contributed by atoms with Crippen molar-refractivity contribution in [2.45, 2.75) is 19.4 Å². The Bertz CT molecular complexity index is 728. The van der Waals surface area contributed by atoms with Crippen molar-refractivity contribution in [1.82, 2.24) is 15.3 Å². The van der Waals surface area contributed by atoms with E-state index in [9.17, 15) is 14.9 Å². The fourth-order valence-corrected chi connectivity index (χ4v) is 2.88. The first-order valence-electron chi connectivity index (χ1n) is 8.15. The second kappa shape index (κ2) is 7.69. The lowest BCUT2D eigenvalue weighted by Gasteiger charge is -2.32. The van der Waals surface area contributed by atoms with Gasteiger partial charge < -0.3 is 10.2 Å². The molecule has 0 aromatic carbocycles. The van der Waals surface area contributed by atoms with E-state index in [0.29, 0.717) is 25.5 Å². The molecule has 3 rings (SSSR count). The smallest absolute Gasteiger partial charge is 0.287 e. The van der Waals surface area contributed by atoms with Gasteiger partial charge in [-0.3, -0.25) is 19.9 Å². The molecule has 8 heteroatoms. The third-order valence-corrected chi connectivity index (χ3v) is 4.32. The molecule has 1 aliphatic rings. The van der Waals surface area contributed by atoms with Crippen LogP contribution in [0, 0.1) is 16.0 Å². The van der Waals surface area contributed by atoms with E-state index >= 15 is 0 Å². The SMILES string of the molecule is O=C(NCc1cccnc1)C1CCN(c2ccc([N+](=O)[O-])cn2)CC1. The van der Waals surface area contributed by atoms with Crippen molar-refractivity contribution < 1.29 is 9.72 Å². The summed E-state index contributed by atoms with van der Waals surface area (Å²) in [5, 5.41) is 13.6. The predicted octanol–water partition coefficient (Wildman–Crippen LogP) is 1.92. The highest BCUT2D eigenvalue weighted by Crippen LogP contribution is 2.23. The lowest BCUT2D eigenvalue weighted by Crippen LogP contribution is -2.40. The summed E-state index contributed by atoms with van der Waals surface area (Å²) < 4.78 is 0. The number of pyridine rings is 2. The molecule has 0 bridgehead atoms. The number of carbonyl (C=O) groups excluding carboxylic acids is 1. The Morgan fingerprint density at radius 1 is 1.28 bits per heavy atom. The Balaban J connectivity index is 1.49. The van der Waals surface area contributed by atoms with Gasteiger partial charge >= 0.3 is 0 Å². The maximum Gasteiger partial charge on any atom is 0.287 e. The van der Waals surface area contributed by atoms with Crippen LogP contribution in [0.4, 0.5) is 11.5 Å². The number of carbonyl (C=O) groups is 1. The molecule has 0 spiro atoms. The van der Waals surface area contributed by atoms with Crippen molar-refractivity contribution in [3.05, 3.63) is 58.5 Å². The van der Waals surface area contributed by atoms with E-state index in [0.717, 1.165) is 18.4 Å². The minimum atomic E-state index is -0.463. The standard InChI is InChI=1S/C17H19N5O3/c23-17(20-11-13-2-1-7-18-10-13)14-5-8-21(9-6-14)16-4-3-15(12-19-16)22(24)25/h1-4,7,10,12,14H,5-6,8-9,11H2,(H,20,23). The molecule has 1 fully saturated rings. The number of amides is 1. The van der Waals surface area contributed by atoms with Crippen molar-refractivity contribution in [3.8, 4) is 0 Å². The fourth-order valence-electron chi connectivity index (χ4n) is 2.88. The quantitative estimate of drug-likeness (QED) is 0.658. The van der Waals surface area contributed by atoms with Crippen molar-refractivity contribution in [2.24, 2.45) is 5.92 Å². The molecule has 2 aromatic rings. The van der Waals surface area contributed by atoms with E-state index in [-0.39, 0.29) is 17.5 Å². The van der Waals surface area contributed by atoms with Crippen LogP contribution in [0.3, 0.4) is 0 Å². The Hall–Kier alpha value is -3.03. The van der Waals surface area contributed by atoms with Crippen LogP contribution in [0.1, 0.15) is 18.4 Å². The Morgan fingerprint density at radius 3 is 2.68 bits per heavy atom. The summed E-state index contributed by atoms with van der Waals surface area (Å²) in [7, 11) is 0. The topological polar surface area (TPSA) is 101 Å². The number of nitrogens with zero attached hydrogens (tertiary/aromatic N) is 4. The number of anilines is 1. The average Bonchev–Trinajstić information content (AvgIpc) is 2.67. The summed E-state index contributed by atoms with van der Waals surface area (Å²) in [4.78, 5) is 32.7. The van der Waals surface area contributed by atoms with Crippen LogP contribution in [0.2, 0.25) is 0 Å². The van der Waals surface area contributed by atoms with E-state index in [1.807, 2.05) is 12.1 Å². The zero-order chi connectivity index (χ0) is 17.6. The van der Waals surface area contributed by atoms with Gasteiger partial charge in [0.1, 0.15) is 12.0 Å². The zero-order valence-corrected chi connectivity index (χ0v) is 13.7. The number of aromatic nitrogens is 2. The summed E-state index contributed by atoms with van der Waals surface area (Å²) in [6.07, 6.45) is 6.17. The third kappa shape index (κ3) is 4.28. The van der Waals surface area contributed by atoms with Crippen LogP contribution in [-0.4, -0.2) is 33.9 Å². The average molecular weight is 341 g/mol. The lowest BCUT2D eigenvalue weighted by atomic mass is 9.96. The molecule has 0 radical (unpaired) electrons. The summed E-state index contributed by atoms with van der Waals surface area (Å²) in [5.41, 5.74) is 0.955. The first kappa shape index (κ1) is 16.8. The Labute approximate surface area is 145 Å². The van der Waals surface area contributed by atoms with Gasteiger partial charge in [-0.2, -0.15) is 0 Å². The Morgan fingerprint density at radius 2 is 2.08 bits per heavy atom. The maximum atomic E-state index is 12.3. The van der Waals surface area contributed by atoms with Gasteiger partial charge in [-0.1, -0.05) is 6.07 Å². The van der Waals surface area contributed by atoms with Gasteiger partial charge in [-0.05, 0) is 30.5 Å². The number of hydrogen-bond acceptors (Lipinski definition) is 6. The molecule has 3 heterocycles. The van der Waals surface area contributed by atoms with E-state index in [2.05, 4.69) is 20.2 Å². The maximum absolute atomic E-state index is 12.3. The predicted molar refractivity (Wildman–Crippen MR) is 91.9 cm³/mol. The van der Waals surface area contributed by atoms with Gasteiger partial charge in [-0.25, -0.2) is 4.98 Å². The molecular formula is C17H19N5O3. The number of hydrogen-bond donors (Lipinski definition) is 1. The molecule has 1 N–H and O–H groups in total. The summed E-state index contributed by atoms with van der Waals surface area (Å²) in [5.74, 6) is 0.742. The van der Waals surface area contributed by atoms with E-state index in [1.54, 1.807) is 18.5 Å². The van der Waals surface area contributed by atoms with Gasteiger partial charge in [0.15, 0.2) is 0 Å². The molecule has 0 saturated carbocycles. The molecule has 1 amide bonds. The van der Waals surface area contributed by atoms with E-state index in [1.165, 1.54) is 12.3 Å². The molecule has 8 nitrogen and oxygen atoms in total. The summed E-state index contributed by atoms with van der Waals surface area (Å²) >= 11 is 0. The minimum absolute atomic E-state index is 0.0200. The van der Waals surface area contributed by atoms with Gasteiger partial charge in [0.2, 0.25) is 5.91 Å². The number of piperidine rings is 1. The number of rotatable bonds is 5. The lowest BCUT2D eigenvalue weighted by molar-refractivity contribution is -0.385. The molecular weight excluding hydrogens is 322 g/mol. The molecule has 0 unspecified atom stereocenters. The molecule has 1 saturated heterocycles. The molecule has 130 valence electrons. The first-order valence-corrected chi connectivity index (χ1v) is 8.15. The Kier molecular flexibility index (Phi) is 5.17. The number of nitro groups is 1. The van der Waals surface area contributed by atoms with Gasteiger partial charge in [0, 0.05) is 44.0 Å². The van der Waals surface area contributed by atoms with Crippen LogP contribution in [-0.2, 0) is 11.3 Å². The second-order valence-corrected chi connectivity index (χ2v) is 5.97. The highest BCUT2D eigenvalue weighted by Gasteiger charge is 2.25. The van der Waals surface area contributed by atoms with Crippen molar-refractivity contribution in [1.29, 1.82) is 0 Å². The molecule has 0 atom stereocenters.